The lowest BCUT2D eigenvalue weighted by Crippen LogP contribution is -2.52. The molecule has 7 nitrogen and oxygen atoms in total. The predicted molar refractivity (Wildman–Crippen MR) is 115 cm³/mol. The number of halogens is 1. The number of hydrogen-bond acceptors (Lipinski definition) is 5. The lowest BCUT2D eigenvalue weighted by atomic mass is 9.79. The van der Waals surface area contributed by atoms with Crippen LogP contribution in [0.25, 0.3) is 0 Å². The van der Waals surface area contributed by atoms with Crippen LogP contribution in [0.4, 0.5) is 11.4 Å². The molecule has 1 spiro atoms. The summed E-state index contributed by atoms with van der Waals surface area (Å²) in [6, 6.07) is 8.69. The molecule has 2 aromatic rings. The Kier molecular flexibility index (Phi) is 5.11. The number of anilines is 2. The van der Waals surface area contributed by atoms with Gasteiger partial charge in [0.25, 0.3) is 0 Å². The molecule has 0 aliphatic carbocycles. The molecule has 4 rings (SSSR count). The summed E-state index contributed by atoms with van der Waals surface area (Å²) in [7, 11) is 3.08. The summed E-state index contributed by atoms with van der Waals surface area (Å²) in [6.07, 6.45) is 0.497. The van der Waals surface area contributed by atoms with Crippen LogP contribution in [0.2, 0.25) is 5.02 Å². The van der Waals surface area contributed by atoms with E-state index in [0.717, 1.165) is 5.56 Å². The minimum atomic E-state index is -1.18. The fraction of sp³-hybridized carbons (Fsp3) is 0.364. The van der Waals surface area contributed by atoms with Crippen molar-refractivity contribution in [2.45, 2.75) is 31.8 Å². The van der Waals surface area contributed by atoms with Gasteiger partial charge in [-0.2, -0.15) is 0 Å². The zero-order valence-corrected chi connectivity index (χ0v) is 18.0. The standard InChI is InChI=1S/C22H24ClN3O4/c1-11-7-13(23)9-15-19(11)25-21(28)22(15)16(8-12(2)26-22)20(27)24-17-10-14(29-3)5-6-18(17)30-4/h5-7,9-10,12,16,26H,8H2,1-4H3,(H,24,27)(H,25,28)/t12-,16+,22+/m0/s1. The van der Waals surface area contributed by atoms with Crippen molar-refractivity contribution in [3.05, 3.63) is 46.5 Å². The molecule has 1 fully saturated rings. The molecule has 158 valence electrons. The molecule has 0 bridgehead atoms. The number of benzene rings is 2. The molecule has 30 heavy (non-hydrogen) atoms. The number of amides is 2. The van der Waals surface area contributed by atoms with Crippen molar-refractivity contribution in [2.24, 2.45) is 5.92 Å². The molecule has 2 aliphatic heterocycles. The van der Waals surface area contributed by atoms with Crippen molar-refractivity contribution in [3.8, 4) is 11.5 Å². The van der Waals surface area contributed by atoms with Gasteiger partial charge in [-0.3, -0.25) is 14.9 Å². The third-order valence-electron chi connectivity index (χ3n) is 5.89. The summed E-state index contributed by atoms with van der Waals surface area (Å²) >= 11 is 6.31. The molecular formula is C22H24ClN3O4. The maximum absolute atomic E-state index is 13.5. The van der Waals surface area contributed by atoms with Crippen LogP contribution >= 0.6 is 11.6 Å². The Hall–Kier alpha value is -2.77. The van der Waals surface area contributed by atoms with Gasteiger partial charge < -0.3 is 20.1 Å². The number of ether oxygens (including phenoxy) is 2. The van der Waals surface area contributed by atoms with E-state index in [1.807, 2.05) is 13.8 Å². The summed E-state index contributed by atoms with van der Waals surface area (Å²) in [4.78, 5) is 26.7. The first-order valence-corrected chi connectivity index (χ1v) is 10.1. The Bertz CT molecular complexity index is 1040. The van der Waals surface area contributed by atoms with E-state index >= 15 is 0 Å². The van der Waals surface area contributed by atoms with E-state index in [9.17, 15) is 9.59 Å². The van der Waals surface area contributed by atoms with Gasteiger partial charge in [-0.1, -0.05) is 11.6 Å². The van der Waals surface area contributed by atoms with Gasteiger partial charge in [0, 0.05) is 28.4 Å². The number of aryl methyl sites for hydroxylation is 1. The van der Waals surface area contributed by atoms with Crippen LogP contribution in [-0.2, 0) is 15.1 Å². The molecular weight excluding hydrogens is 406 g/mol. The number of nitrogens with one attached hydrogen (secondary N) is 3. The average Bonchev–Trinajstić information content (AvgIpc) is 3.20. The molecule has 2 aliphatic rings. The topological polar surface area (TPSA) is 88.7 Å². The summed E-state index contributed by atoms with van der Waals surface area (Å²) in [5, 5.41) is 9.78. The van der Waals surface area contributed by atoms with Gasteiger partial charge in [0.1, 0.15) is 17.0 Å². The highest BCUT2D eigenvalue weighted by Gasteiger charge is 2.59. The average molecular weight is 430 g/mol. The number of hydrogen-bond donors (Lipinski definition) is 3. The van der Waals surface area contributed by atoms with Gasteiger partial charge in [0.2, 0.25) is 11.8 Å². The lowest BCUT2D eigenvalue weighted by Gasteiger charge is -2.29. The van der Waals surface area contributed by atoms with Crippen LogP contribution in [0.5, 0.6) is 11.5 Å². The van der Waals surface area contributed by atoms with Gasteiger partial charge >= 0.3 is 0 Å². The molecule has 2 amide bonds. The Morgan fingerprint density at radius 2 is 2.00 bits per heavy atom. The molecule has 3 atom stereocenters. The normalized spacial score (nSPS) is 24.5. The van der Waals surface area contributed by atoms with Gasteiger partial charge in [-0.05, 0) is 50.1 Å². The number of methoxy groups -OCH3 is 2. The fourth-order valence-corrected chi connectivity index (χ4v) is 4.83. The highest BCUT2D eigenvalue weighted by atomic mass is 35.5. The highest BCUT2D eigenvalue weighted by Crippen LogP contribution is 2.49. The highest BCUT2D eigenvalue weighted by molar-refractivity contribution is 6.31. The minimum Gasteiger partial charge on any atom is -0.497 e. The monoisotopic (exact) mass is 429 g/mol. The second-order valence-corrected chi connectivity index (χ2v) is 8.23. The van der Waals surface area contributed by atoms with E-state index in [2.05, 4.69) is 16.0 Å². The van der Waals surface area contributed by atoms with Crippen LogP contribution < -0.4 is 25.4 Å². The maximum atomic E-state index is 13.5. The van der Waals surface area contributed by atoms with E-state index in [0.29, 0.717) is 39.9 Å². The van der Waals surface area contributed by atoms with Gasteiger partial charge in [0.05, 0.1) is 25.8 Å². The van der Waals surface area contributed by atoms with Crippen LogP contribution in [0.15, 0.2) is 30.3 Å². The molecule has 8 heteroatoms. The summed E-state index contributed by atoms with van der Waals surface area (Å²) in [5.41, 5.74) is 1.58. The predicted octanol–water partition coefficient (Wildman–Crippen LogP) is 3.45. The largest absolute Gasteiger partial charge is 0.497 e. The van der Waals surface area contributed by atoms with Crippen molar-refractivity contribution >= 4 is 34.8 Å². The van der Waals surface area contributed by atoms with E-state index in [-0.39, 0.29) is 17.9 Å². The second kappa shape index (κ2) is 7.49. The number of rotatable bonds is 4. The Balaban J connectivity index is 1.75. The van der Waals surface area contributed by atoms with Crippen molar-refractivity contribution in [3.63, 3.8) is 0 Å². The molecule has 2 aromatic carbocycles. The van der Waals surface area contributed by atoms with Gasteiger partial charge in [0.15, 0.2) is 0 Å². The van der Waals surface area contributed by atoms with E-state index in [4.69, 9.17) is 21.1 Å². The first-order chi connectivity index (χ1) is 14.3. The Morgan fingerprint density at radius 3 is 2.70 bits per heavy atom. The molecule has 1 saturated heterocycles. The maximum Gasteiger partial charge on any atom is 0.250 e. The molecule has 0 radical (unpaired) electrons. The van der Waals surface area contributed by atoms with Crippen molar-refractivity contribution < 1.29 is 19.1 Å². The number of fused-ring (bicyclic) bond motifs is 2. The smallest absolute Gasteiger partial charge is 0.250 e. The van der Waals surface area contributed by atoms with Crippen LogP contribution in [0.3, 0.4) is 0 Å². The molecule has 0 saturated carbocycles. The molecule has 0 unspecified atom stereocenters. The van der Waals surface area contributed by atoms with Crippen LogP contribution in [0.1, 0.15) is 24.5 Å². The Labute approximate surface area is 180 Å². The van der Waals surface area contributed by atoms with E-state index in [1.54, 1.807) is 37.4 Å². The lowest BCUT2D eigenvalue weighted by molar-refractivity contribution is -0.130. The molecule has 0 aromatic heterocycles. The fourth-order valence-electron chi connectivity index (χ4n) is 4.56. The molecule has 2 heterocycles. The van der Waals surface area contributed by atoms with Crippen LogP contribution in [0, 0.1) is 12.8 Å². The second-order valence-electron chi connectivity index (χ2n) is 7.80. The van der Waals surface area contributed by atoms with Crippen molar-refractivity contribution in [1.29, 1.82) is 0 Å². The van der Waals surface area contributed by atoms with Crippen molar-refractivity contribution in [1.82, 2.24) is 5.32 Å². The summed E-state index contributed by atoms with van der Waals surface area (Å²) in [5.74, 6) is -0.0658. The van der Waals surface area contributed by atoms with Gasteiger partial charge in [-0.15, -0.1) is 0 Å². The van der Waals surface area contributed by atoms with E-state index in [1.165, 1.54) is 7.11 Å². The summed E-state index contributed by atoms with van der Waals surface area (Å²) in [6.45, 7) is 3.85. The SMILES string of the molecule is COc1ccc(OC)c(NC(=O)[C@H]2C[C@H](C)N[C@@]23C(=O)Nc2c(C)cc(Cl)cc23)c1. The quantitative estimate of drug-likeness (QED) is 0.692. The third kappa shape index (κ3) is 3.09. The third-order valence-corrected chi connectivity index (χ3v) is 6.11. The van der Waals surface area contributed by atoms with E-state index < -0.39 is 11.5 Å². The minimum absolute atomic E-state index is 0.0380. The number of carbonyl (C=O) groups is 2. The van der Waals surface area contributed by atoms with Crippen LogP contribution in [-0.4, -0.2) is 32.1 Å². The zero-order valence-electron chi connectivity index (χ0n) is 17.3. The van der Waals surface area contributed by atoms with Crippen molar-refractivity contribution in [2.75, 3.05) is 24.9 Å². The molecule has 3 N–H and O–H groups in total. The zero-order chi connectivity index (χ0) is 21.6. The Morgan fingerprint density at radius 1 is 1.23 bits per heavy atom. The first-order valence-electron chi connectivity index (χ1n) is 9.72. The summed E-state index contributed by atoms with van der Waals surface area (Å²) < 4.78 is 10.6. The van der Waals surface area contributed by atoms with Gasteiger partial charge in [-0.25, -0.2) is 0 Å². The first kappa shape index (κ1) is 20.5. The number of carbonyl (C=O) groups excluding carboxylic acids is 2.